The molecule has 0 heterocycles. The number of carbonyl (C=O) groups is 2. The van der Waals surface area contributed by atoms with Crippen LogP contribution in [0.5, 0.6) is 0 Å². The Balaban J connectivity index is 2.37. The van der Waals surface area contributed by atoms with Crippen molar-refractivity contribution in [1.82, 2.24) is 10.6 Å². The van der Waals surface area contributed by atoms with Gasteiger partial charge in [0.25, 0.3) is 0 Å². The van der Waals surface area contributed by atoms with E-state index in [4.69, 9.17) is 5.11 Å². The lowest BCUT2D eigenvalue weighted by atomic mass is 10.0. The molecule has 3 N–H and O–H groups in total. The van der Waals surface area contributed by atoms with Crippen LogP contribution in [0.25, 0.3) is 0 Å². The number of hydrogen-bond acceptors (Lipinski definition) is 3. The van der Waals surface area contributed by atoms with Crippen LogP contribution >= 0.6 is 11.8 Å². The van der Waals surface area contributed by atoms with E-state index in [0.717, 1.165) is 17.1 Å². The maximum atomic E-state index is 11.7. The summed E-state index contributed by atoms with van der Waals surface area (Å²) in [6.07, 6.45) is 0.494. The molecule has 2 amide bonds. The summed E-state index contributed by atoms with van der Waals surface area (Å²) in [5.41, 5.74) is 1.01. The Bertz CT molecular complexity index is 480. The van der Waals surface area contributed by atoms with Gasteiger partial charge in [0.05, 0.1) is 5.56 Å². The van der Waals surface area contributed by atoms with Gasteiger partial charge in [0.1, 0.15) is 0 Å². The van der Waals surface area contributed by atoms with E-state index in [2.05, 4.69) is 17.6 Å². The van der Waals surface area contributed by atoms with Crippen LogP contribution in [-0.2, 0) is 6.42 Å². The quantitative estimate of drug-likeness (QED) is 0.689. The van der Waals surface area contributed by atoms with Gasteiger partial charge >= 0.3 is 12.0 Å². The second-order valence-corrected chi connectivity index (χ2v) is 5.99. The van der Waals surface area contributed by atoms with Gasteiger partial charge in [0, 0.05) is 18.3 Å². The molecule has 1 aromatic rings. The molecule has 1 aromatic carbocycles. The molecule has 0 aliphatic rings. The standard InChI is InChI=1S/C15H22N2O3S/c1-3-21-10-11(2)17-15(20)16-9-8-12-6-4-5-7-13(12)14(18)19/h4-7,11H,3,8-10H2,1-2H3,(H,18,19)(H2,16,17,20). The lowest BCUT2D eigenvalue weighted by molar-refractivity contribution is 0.0695. The highest BCUT2D eigenvalue weighted by molar-refractivity contribution is 7.99. The van der Waals surface area contributed by atoms with Crippen LogP contribution < -0.4 is 10.6 Å². The summed E-state index contributed by atoms with van der Waals surface area (Å²) >= 11 is 1.78. The van der Waals surface area contributed by atoms with E-state index in [-0.39, 0.29) is 17.6 Å². The zero-order chi connectivity index (χ0) is 15.7. The molecule has 0 saturated carbocycles. The van der Waals surface area contributed by atoms with Crippen molar-refractivity contribution < 1.29 is 14.7 Å². The average Bonchev–Trinajstić information content (AvgIpc) is 2.45. The molecule has 6 heteroatoms. The number of aromatic carboxylic acids is 1. The van der Waals surface area contributed by atoms with E-state index in [1.807, 2.05) is 6.92 Å². The number of carbonyl (C=O) groups excluding carboxylic acids is 1. The van der Waals surface area contributed by atoms with E-state index < -0.39 is 5.97 Å². The summed E-state index contributed by atoms with van der Waals surface area (Å²) in [6, 6.07) is 6.73. The second-order valence-electron chi connectivity index (χ2n) is 4.67. The van der Waals surface area contributed by atoms with Crippen molar-refractivity contribution >= 4 is 23.8 Å². The molecule has 5 nitrogen and oxygen atoms in total. The van der Waals surface area contributed by atoms with Crippen LogP contribution in [0.4, 0.5) is 4.79 Å². The molecule has 0 aliphatic heterocycles. The smallest absolute Gasteiger partial charge is 0.335 e. The van der Waals surface area contributed by atoms with Gasteiger partial charge in [0.15, 0.2) is 0 Å². The van der Waals surface area contributed by atoms with Gasteiger partial charge < -0.3 is 15.7 Å². The van der Waals surface area contributed by atoms with Gasteiger partial charge in [-0.05, 0) is 30.7 Å². The van der Waals surface area contributed by atoms with Crippen molar-refractivity contribution in [3.63, 3.8) is 0 Å². The third-order valence-electron chi connectivity index (χ3n) is 2.88. The van der Waals surface area contributed by atoms with Crippen LogP contribution in [0, 0.1) is 0 Å². The highest BCUT2D eigenvalue weighted by Gasteiger charge is 2.10. The monoisotopic (exact) mass is 310 g/mol. The summed E-state index contributed by atoms with van der Waals surface area (Å²) in [7, 11) is 0. The molecule has 0 aliphatic carbocycles. The Morgan fingerprint density at radius 2 is 2.05 bits per heavy atom. The first-order chi connectivity index (χ1) is 10.0. The van der Waals surface area contributed by atoms with Gasteiger partial charge in [-0.2, -0.15) is 11.8 Å². The van der Waals surface area contributed by atoms with E-state index in [1.54, 1.807) is 36.0 Å². The largest absolute Gasteiger partial charge is 0.478 e. The van der Waals surface area contributed by atoms with E-state index in [1.165, 1.54) is 0 Å². The van der Waals surface area contributed by atoms with E-state index >= 15 is 0 Å². The molecule has 1 rings (SSSR count). The molecular weight excluding hydrogens is 288 g/mol. The number of hydrogen-bond donors (Lipinski definition) is 3. The zero-order valence-electron chi connectivity index (χ0n) is 12.4. The number of carboxylic acid groups (broad SMARTS) is 1. The molecule has 0 saturated heterocycles. The molecule has 0 aromatic heterocycles. The fourth-order valence-corrected chi connectivity index (χ4v) is 2.54. The van der Waals surface area contributed by atoms with Crippen LogP contribution in [0.2, 0.25) is 0 Å². The minimum absolute atomic E-state index is 0.112. The maximum Gasteiger partial charge on any atom is 0.335 e. The molecule has 0 spiro atoms. The predicted octanol–water partition coefficient (Wildman–Crippen LogP) is 2.37. The Morgan fingerprint density at radius 3 is 2.71 bits per heavy atom. The molecule has 0 fully saturated rings. The first-order valence-electron chi connectivity index (χ1n) is 6.98. The number of benzene rings is 1. The fraction of sp³-hybridized carbons (Fsp3) is 0.467. The Morgan fingerprint density at radius 1 is 1.33 bits per heavy atom. The molecule has 1 atom stereocenters. The number of thioether (sulfide) groups is 1. The zero-order valence-corrected chi connectivity index (χ0v) is 13.2. The number of urea groups is 1. The van der Waals surface area contributed by atoms with Crippen LogP contribution in [0.15, 0.2) is 24.3 Å². The molecule has 1 unspecified atom stereocenters. The van der Waals surface area contributed by atoms with Crippen molar-refractivity contribution in [1.29, 1.82) is 0 Å². The third-order valence-corrected chi connectivity index (χ3v) is 4.02. The highest BCUT2D eigenvalue weighted by atomic mass is 32.2. The fourth-order valence-electron chi connectivity index (χ4n) is 1.87. The van der Waals surface area contributed by atoms with Crippen LogP contribution in [0.1, 0.15) is 29.8 Å². The van der Waals surface area contributed by atoms with Crippen LogP contribution in [-0.4, -0.2) is 41.2 Å². The normalized spacial score (nSPS) is 11.7. The Hall–Kier alpha value is -1.69. The molecule has 116 valence electrons. The number of amides is 2. The van der Waals surface area contributed by atoms with Gasteiger partial charge in [-0.15, -0.1) is 0 Å². The topological polar surface area (TPSA) is 78.4 Å². The first-order valence-corrected chi connectivity index (χ1v) is 8.13. The van der Waals surface area contributed by atoms with Gasteiger partial charge in [-0.1, -0.05) is 25.1 Å². The SMILES string of the molecule is CCSCC(C)NC(=O)NCCc1ccccc1C(=O)O. The third kappa shape index (κ3) is 6.53. The summed E-state index contributed by atoms with van der Waals surface area (Å²) in [5, 5.41) is 14.7. The summed E-state index contributed by atoms with van der Waals surface area (Å²) < 4.78 is 0. The van der Waals surface area contributed by atoms with Gasteiger partial charge in [-0.3, -0.25) is 0 Å². The minimum Gasteiger partial charge on any atom is -0.478 e. The molecule has 0 bridgehead atoms. The molecule has 21 heavy (non-hydrogen) atoms. The summed E-state index contributed by atoms with van der Waals surface area (Å²) in [6.45, 7) is 4.45. The van der Waals surface area contributed by atoms with Crippen LogP contribution in [0.3, 0.4) is 0 Å². The highest BCUT2D eigenvalue weighted by Crippen LogP contribution is 2.09. The lowest BCUT2D eigenvalue weighted by Crippen LogP contribution is -2.42. The predicted molar refractivity (Wildman–Crippen MR) is 86.1 cm³/mol. The van der Waals surface area contributed by atoms with Gasteiger partial charge in [-0.25, -0.2) is 9.59 Å². The van der Waals surface area contributed by atoms with Gasteiger partial charge in [0.2, 0.25) is 0 Å². The molecular formula is C15H22N2O3S. The second kappa shape index (κ2) is 9.28. The maximum absolute atomic E-state index is 11.7. The van der Waals surface area contributed by atoms with E-state index in [9.17, 15) is 9.59 Å². The number of carboxylic acids is 1. The van der Waals surface area contributed by atoms with Crippen molar-refractivity contribution in [2.75, 3.05) is 18.1 Å². The number of rotatable bonds is 8. The van der Waals surface area contributed by atoms with Crippen molar-refractivity contribution in [2.45, 2.75) is 26.3 Å². The Labute approximate surface area is 129 Å². The van der Waals surface area contributed by atoms with Crippen molar-refractivity contribution in [3.8, 4) is 0 Å². The van der Waals surface area contributed by atoms with Crippen molar-refractivity contribution in [3.05, 3.63) is 35.4 Å². The van der Waals surface area contributed by atoms with Crippen molar-refractivity contribution in [2.24, 2.45) is 0 Å². The average molecular weight is 310 g/mol. The summed E-state index contributed by atoms with van der Waals surface area (Å²) in [5.74, 6) is 0.964. The number of nitrogens with one attached hydrogen (secondary N) is 2. The Kier molecular flexibility index (Phi) is 7.68. The minimum atomic E-state index is -0.944. The lowest BCUT2D eigenvalue weighted by Gasteiger charge is -2.14. The van der Waals surface area contributed by atoms with E-state index in [0.29, 0.717) is 13.0 Å². The molecule has 0 radical (unpaired) electrons. The summed E-state index contributed by atoms with van der Waals surface area (Å²) in [4.78, 5) is 22.7. The first kappa shape index (κ1) is 17.4.